The summed E-state index contributed by atoms with van der Waals surface area (Å²) in [7, 11) is -2.42. The summed E-state index contributed by atoms with van der Waals surface area (Å²) < 4.78 is 55.1. The summed E-state index contributed by atoms with van der Waals surface area (Å²) in [5.74, 6) is 3.40. The number of terminal acetylenes is 1. The Bertz CT molecular complexity index is 1340. The number of amides is 1. The normalized spacial score (nSPS) is 18.2. The number of carbonyl (C=O) groups excluding carboxylic acids is 1. The second-order valence-corrected chi connectivity index (χ2v) is 10.5. The molecule has 2 atom stereocenters. The first-order valence-electron chi connectivity index (χ1n) is 12.2. The SMILES string of the molecule is C#CCNC(=O)C1=C[C@@H](c2ccc3c(c2)OCO3)C[C@@H](OCCN(CCO)S(=O)(=O)c2ccc(OC)cc2)O1. The van der Waals surface area contributed by atoms with Crippen molar-refractivity contribution >= 4 is 15.9 Å². The maximum absolute atomic E-state index is 13.2. The van der Waals surface area contributed by atoms with E-state index in [1.54, 1.807) is 24.3 Å². The average Bonchev–Trinajstić information content (AvgIpc) is 3.43. The molecule has 0 unspecified atom stereocenters. The van der Waals surface area contributed by atoms with E-state index in [0.717, 1.165) is 9.87 Å². The largest absolute Gasteiger partial charge is 0.497 e. The molecule has 2 aromatic rings. The Kier molecular flexibility index (Phi) is 9.32. The quantitative estimate of drug-likeness (QED) is 0.373. The number of allylic oxidation sites excluding steroid dienone is 1. The Morgan fingerprint density at radius 2 is 1.95 bits per heavy atom. The highest BCUT2D eigenvalue weighted by atomic mass is 32.2. The Balaban J connectivity index is 1.46. The van der Waals surface area contributed by atoms with Crippen molar-refractivity contribution in [3.05, 3.63) is 59.9 Å². The van der Waals surface area contributed by atoms with Crippen LogP contribution in [0.4, 0.5) is 0 Å². The van der Waals surface area contributed by atoms with E-state index in [9.17, 15) is 18.3 Å². The zero-order valence-electron chi connectivity index (χ0n) is 21.4. The van der Waals surface area contributed by atoms with Crippen molar-refractivity contribution in [2.75, 3.05) is 46.8 Å². The number of sulfonamides is 1. The number of benzene rings is 2. The third kappa shape index (κ3) is 6.82. The summed E-state index contributed by atoms with van der Waals surface area (Å²) >= 11 is 0. The topological polar surface area (TPSA) is 133 Å². The molecule has 2 heterocycles. The van der Waals surface area contributed by atoms with Crippen molar-refractivity contribution in [1.29, 1.82) is 0 Å². The van der Waals surface area contributed by atoms with Crippen LogP contribution in [0.2, 0.25) is 0 Å². The summed E-state index contributed by atoms with van der Waals surface area (Å²) in [5, 5.41) is 12.1. The molecule has 0 saturated heterocycles. The van der Waals surface area contributed by atoms with Gasteiger partial charge in [0.1, 0.15) is 5.75 Å². The van der Waals surface area contributed by atoms with E-state index in [-0.39, 0.29) is 56.2 Å². The van der Waals surface area contributed by atoms with Crippen LogP contribution in [0.25, 0.3) is 0 Å². The fourth-order valence-electron chi connectivity index (χ4n) is 4.16. The van der Waals surface area contributed by atoms with Crippen LogP contribution in [0, 0.1) is 12.3 Å². The van der Waals surface area contributed by atoms with Crippen molar-refractivity contribution in [3.63, 3.8) is 0 Å². The number of hydrogen-bond acceptors (Lipinski definition) is 9. The van der Waals surface area contributed by atoms with Gasteiger partial charge < -0.3 is 34.1 Å². The van der Waals surface area contributed by atoms with Gasteiger partial charge in [-0.2, -0.15) is 4.31 Å². The fourth-order valence-corrected chi connectivity index (χ4v) is 5.57. The monoisotopic (exact) mass is 558 g/mol. The van der Waals surface area contributed by atoms with Crippen molar-refractivity contribution in [2.24, 2.45) is 0 Å². The highest BCUT2D eigenvalue weighted by Gasteiger charge is 2.31. The molecule has 12 heteroatoms. The van der Waals surface area contributed by atoms with Crippen LogP contribution in [-0.2, 0) is 24.3 Å². The molecular weight excluding hydrogens is 528 g/mol. The van der Waals surface area contributed by atoms with Gasteiger partial charge in [0.05, 0.1) is 31.8 Å². The van der Waals surface area contributed by atoms with E-state index in [2.05, 4.69) is 11.2 Å². The molecule has 0 radical (unpaired) electrons. The lowest BCUT2D eigenvalue weighted by Crippen LogP contribution is -2.38. The maximum Gasteiger partial charge on any atom is 0.286 e. The van der Waals surface area contributed by atoms with Gasteiger partial charge in [0.15, 0.2) is 17.3 Å². The van der Waals surface area contributed by atoms with Crippen molar-refractivity contribution in [3.8, 4) is 29.6 Å². The summed E-state index contributed by atoms with van der Waals surface area (Å²) in [6.45, 7) is -0.428. The first kappa shape index (κ1) is 28.3. The molecule has 4 rings (SSSR count). The number of hydrogen-bond donors (Lipinski definition) is 2. The van der Waals surface area contributed by atoms with Crippen LogP contribution in [0.15, 0.2) is 59.2 Å². The van der Waals surface area contributed by atoms with Gasteiger partial charge in [0, 0.05) is 25.4 Å². The zero-order chi connectivity index (χ0) is 27.8. The van der Waals surface area contributed by atoms with E-state index < -0.39 is 22.2 Å². The van der Waals surface area contributed by atoms with Crippen molar-refractivity contribution < 1.29 is 42.0 Å². The van der Waals surface area contributed by atoms with Crippen molar-refractivity contribution in [1.82, 2.24) is 9.62 Å². The number of rotatable bonds is 12. The number of aliphatic hydroxyl groups excluding tert-OH is 1. The van der Waals surface area contributed by atoms with Crippen LogP contribution in [0.1, 0.15) is 17.9 Å². The van der Waals surface area contributed by atoms with E-state index in [1.165, 1.54) is 19.2 Å². The third-order valence-electron chi connectivity index (χ3n) is 6.15. The van der Waals surface area contributed by atoms with Gasteiger partial charge in [-0.1, -0.05) is 12.0 Å². The number of carbonyl (C=O) groups is 1. The molecule has 0 aliphatic carbocycles. The van der Waals surface area contributed by atoms with Gasteiger partial charge in [-0.25, -0.2) is 8.42 Å². The van der Waals surface area contributed by atoms with Crippen LogP contribution in [0.3, 0.4) is 0 Å². The molecule has 0 bridgehead atoms. The zero-order valence-corrected chi connectivity index (χ0v) is 22.2. The molecule has 0 aromatic heterocycles. The Morgan fingerprint density at radius 1 is 1.18 bits per heavy atom. The second-order valence-electron chi connectivity index (χ2n) is 8.59. The number of nitrogens with zero attached hydrogens (tertiary/aromatic N) is 1. The van der Waals surface area contributed by atoms with Gasteiger partial charge in [0.2, 0.25) is 23.1 Å². The van der Waals surface area contributed by atoms with Crippen molar-refractivity contribution in [2.45, 2.75) is 23.5 Å². The van der Waals surface area contributed by atoms with Gasteiger partial charge in [0.25, 0.3) is 5.91 Å². The number of fused-ring (bicyclic) bond motifs is 1. The summed E-state index contributed by atoms with van der Waals surface area (Å²) in [6.07, 6.45) is 6.46. The number of ether oxygens (including phenoxy) is 5. The molecular formula is C27H30N2O9S. The van der Waals surface area contributed by atoms with Gasteiger partial charge in [-0.15, -0.1) is 6.42 Å². The maximum atomic E-state index is 13.2. The Labute approximate surface area is 227 Å². The minimum Gasteiger partial charge on any atom is -0.497 e. The number of aliphatic hydroxyl groups is 1. The molecule has 11 nitrogen and oxygen atoms in total. The third-order valence-corrected chi connectivity index (χ3v) is 8.06. The second kappa shape index (κ2) is 12.9. The number of methoxy groups -OCH3 is 1. The highest BCUT2D eigenvalue weighted by Crippen LogP contribution is 2.38. The summed E-state index contributed by atoms with van der Waals surface area (Å²) in [4.78, 5) is 12.7. The fraction of sp³-hybridized carbons (Fsp3) is 0.370. The van der Waals surface area contributed by atoms with E-state index >= 15 is 0 Å². The van der Waals surface area contributed by atoms with Gasteiger partial charge in [-0.3, -0.25) is 4.79 Å². The molecule has 2 aliphatic heterocycles. The molecule has 0 fully saturated rings. The molecule has 1 amide bonds. The minimum atomic E-state index is -3.91. The molecule has 2 aromatic carbocycles. The first-order chi connectivity index (χ1) is 18.8. The van der Waals surface area contributed by atoms with E-state index in [1.807, 2.05) is 12.1 Å². The number of nitrogens with one attached hydrogen (secondary N) is 1. The molecule has 39 heavy (non-hydrogen) atoms. The lowest BCUT2D eigenvalue weighted by Gasteiger charge is -2.30. The van der Waals surface area contributed by atoms with Crippen LogP contribution < -0.4 is 19.5 Å². The Morgan fingerprint density at radius 3 is 2.67 bits per heavy atom. The van der Waals surface area contributed by atoms with Crippen LogP contribution >= 0.6 is 0 Å². The van der Waals surface area contributed by atoms with Gasteiger partial charge >= 0.3 is 0 Å². The lowest BCUT2D eigenvalue weighted by atomic mass is 9.92. The highest BCUT2D eigenvalue weighted by molar-refractivity contribution is 7.89. The van der Waals surface area contributed by atoms with Crippen LogP contribution in [0.5, 0.6) is 17.2 Å². The standard InChI is InChI=1S/C27H30N2O9S/c1-3-10-28-27(31)25-16-20(19-4-9-23-24(15-19)37-18-36-23)17-26(38-25)35-14-12-29(11-13-30)39(32,33)22-7-5-21(34-2)6-8-22/h1,4-9,15-16,20,26,30H,10-14,17-18H2,2H3,(H,28,31)/t20-,26+/m1/s1. The van der Waals surface area contributed by atoms with Gasteiger partial charge in [-0.05, 0) is 48.0 Å². The predicted molar refractivity (Wildman–Crippen MR) is 140 cm³/mol. The van der Waals surface area contributed by atoms with Crippen LogP contribution in [-0.4, -0.2) is 76.8 Å². The average molecular weight is 559 g/mol. The molecule has 208 valence electrons. The smallest absolute Gasteiger partial charge is 0.286 e. The molecule has 2 aliphatic rings. The molecule has 0 saturated carbocycles. The minimum absolute atomic E-state index is 0.0269. The summed E-state index contributed by atoms with van der Waals surface area (Å²) in [5.41, 5.74) is 0.863. The molecule has 2 N–H and O–H groups in total. The Hall–Kier alpha value is -3.76. The lowest BCUT2D eigenvalue weighted by molar-refractivity contribution is -0.146. The summed E-state index contributed by atoms with van der Waals surface area (Å²) in [6, 6.07) is 11.5. The first-order valence-corrected chi connectivity index (χ1v) is 13.7. The van der Waals surface area contributed by atoms with E-state index in [4.69, 9.17) is 30.1 Å². The van der Waals surface area contributed by atoms with E-state index in [0.29, 0.717) is 23.7 Å². The predicted octanol–water partition coefficient (Wildman–Crippen LogP) is 1.59. The molecule has 0 spiro atoms.